The first-order chi connectivity index (χ1) is 6.29. The monoisotopic (exact) mass is 200 g/mol. The molecule has 70 valence electrons. The first kappa shape index (κ1) is 8.91. The van der Waals surface area contributed by atoms with E-state index in [1.165, 1.54) is 0 Å². The summed E-state index contributed by atoms with van der Waals surface area (Å²) in [5.41, 5.74) is 0.637. The Labute approximate surface area is 81.1 Å². The molecule has 1 aliphatic rings. The number of pyridine rings is 1. The summed E-state index contributed by atoms with van der Waals surface area (Å²) < 4.78 is 13.4. The lowest BCUT2D eigenvalue weighted by atomic mass is 10.1. The molecule has 1 aromatic heterocycles. The fourth-order valence-electron chi connectivity index (χ4n) is 1.65. The molecule has 13 heavy (non-hydrogen) atoms. The van der Waals surface area contributed by atoms with Gasteiger partial charge in [-0.2, -0.15) is 0 Å². The lowest BCUT2D eigenvalue weighted by Gasteiger charge is -2.11. The van der Waals surface area contributed by atoms with E-state index in [1.807, 2.05) is 0 Å². The van der Waals surface area contributed by atoms with Crippen molar-refractivity contribution in [1.82, 2.24) is 10.3 Å². The molecule has 0 radical (unpaired) electrons. The average molecular weight is 201 g/mol. The van der Waals surface area contributed by atoms with E-state index in [4.69, 9.17) is 11.6 Å². The van der Waals surface area contributed by atoms with Gasteiger partial charge in [0.2, 0.25) is 0 Å². The average Bonchev–Trinajstić information content (AvgIpc) is 2.62. The minimum absolute atomic E-state index is 0.0359. The van der Waals surface area contributed by atoms with Gasteiger partial charge in [0.25, 0.3) is 0 Å². The van der Waals surface area contributed by atoms with Crippen molar-refractivity contribution in [2.75, 3.05) is 6.54 Å². The molecule has 0 unspecified atom stereocenters. The molecule has 1 atom stereocenters. The fraction of sp³-hybridized carbons (Fsp3) is 0.444. The Bertz CT molecular complexity index is 310. The third-order valence-electron chi connectivity index (χ3n) is 2.31. The summed E-state index contributed by atoms with van der Waals surface area (Å²) in [5, 5.41) is 3.18. The molecule has 0 amide bonds. The number of hydrogen-bond donors (Lipinski definition) is 1. The van der Waals surface area contributed by atoms with E-state index < -0.39 is 0 Å². The smallest absolute Gasteiger partial charge is 0.165 e. The van der Waals surface area contributed by atoms with Gasteiger partial charge in [0, 0.05) is 17.8 Å². The lowest BCUT2D eigenvalue weighted by molar-refractivity contribution is 0.554. The summed E-state index contributed by atoms with van der Waals surface area (Å²) >= 11 is 5.58. The van der Waals surface area contributed by atoms with Crippen molar-refractivity contribution in [3.8, 4) is 0 Å². The largest absolute Gasteiger partial charge is 0.310 e. The normalized spacial score (nSPS) is 22.2. The molecule has 0 spiro atoms. The molecule has 4 heteroatoms. The summed E-state index contributed by atoms with van der Waals surface area (Å²) in [6.45, 7) is 0.948. The van der Waals surface area contributed by atoms with Crippen LogP contribution in [0.25, 0.3) is 0 Å². The van der Waals surface area contributed by atoms with Crippen LogP contribution in [-0.2, 0) is 0 Å². The maximum atomic E-state index is 13.4. The fourth-order valence-corrected chi connectivity index (χ4v) is 1.82. The van der Waals surface area contributed by atoms with Gasteiger partial charge in [-0.1, -0.05) is 11.6 Å². The highest BCUT2D eigenvalue weighted by Crippen LogP contribution is 2.27. The van der Waals surface area contributed by atoms with Crippen molar-refractivity contribution >= 4 is 11.6 Å². The quantitative estimate of drug-likeness (QED) is 0.704. The molecule has 2 rings (SSSR count). The van der Waals surface area contributed by atoms with Crippen LogP contribution < -0.4 is 5.32 Å². The maximum Gasteiger partial charge on any atom is 0.165 e. The van der Waals surface area contributed by atoms with Crippen molar-refractivity contribution in [1.29, 1.82) is 0 Å². The zero-order valence-corrected chi connectivity index (χ0v) is 7.81. The zero-order chi connectivity index (χ0) is 9.26. The minimum Gasteiger partial charge on any atom is -0.310 e. The Morgan fingerprint density at radius 1 is 1.62 bits per heavy atom. The number of rotatable bonds is 1. The zero-order valence-electron chi connectivity index (χ0n) is 7.06. The molecule has 0 aromatic carbocycles. The summed E-state index contributed by atoms with van der Waals surface area (Å²) in [6.07, 6.45) is 3.60. The number of aromatic nitrogens is 1. The lowest BCUT2D eigenvalue weighted by Crippen LogP contribution is -2.14. The van der Waals surface area contributed by atoms with Gasteiger partial charge in [-0.3, -0.25) is 0 Å². The van der Waals surface area contributed by atoms with Crippen molar-refractivity contribution < 1.29 is 4.39 Å². The van der Waals surface area contributed by atoms with Gasteiger partial charge in [-0.25, -0.2) is 9.37 Å². The molecular formula is C9H10ClFN2. The highest BCUT2D eigenvalue weighted by Gasteiger charge is 2.20. The summed E-state index contributed by atoms with van der Waals surface area (Å²) in [5.74, 6) is -0.386. The third-order valence-corrected chi connectivity index (χ3v) is 2.58. The van der Waals surface area contributed by atoms with Crippen molar-refractivity contribution in [2.24, 2.45) is 0 Å². The molecule has 1 aliphatic heterocycles. The van der Waals surface area contributed by atoms with Crippen molar-refractivity contribution in [3.63, 3.8) is 0 Å². The van der Waals surface area contributed by atoms with E-state index in [0.29, 0.717) is 5.56 Å². The number of nitrogens with zero attached hydrogens (tertiary/aromatic N) is 1. The van der Waals surface area contributed by atoms with E-state index in [9.17, 15) is 4.39 Å². The Balaban J connectivity index is 2.33. The molecular weight excluding hydrogens is 191 g/mol. The van der Waals surface area contributed by atoms with Crippen LogP contribution in [0.1, 0.15) is 24.4 Å². The van der Waals surface area contributed by atoms with Gasteiger partial charge < -0.3 is 5.32 Å². The SMILES string of the molecule is Fc1c([C@@H]2CCCN2)ccnc1Cl. The second kappa shape index (κ2) is 3.60. The molecule has 1 fully saturated rings. The van der Waals surface area contributed by atoms with Crippen molar-refractivity contribution in [3.05, 3.63) is 28.8 Å². The second-order valence-electron chi connectivity index (χ2n) is 3.15. The van der Waals surface area contributed by atoms with E-state index >= 15 is 0 Å². The number of hydrogen-bond acceptors (Lipinski definition) is 2. The topological polar surface area (TPSA) is 24.9 Å². The first-order valence-corrected chi connectivity index (χ1v) is 4.70. The highest BCUT2D eigenvalue weighted by molar-refractivity contribution is 6.29. The molecule has 0 aliphatic carbocycles. The molecule has 1 aromatic rings. The molecule has 0 bridgehead atoms. The first-order valence-electron chi connectivity index (χ1n) is 4.32. The molecule has 0 saturated carbocycles. The van der Waals surface area contributed by atoms with Crippen LogP contribution in [0.4, 0.5) is 4.39 Å². The Morgan fingerprint density at radius 2 is 2.46 bits per heavy atom. The van der Waals surface area contributed by atoms with Gasteiger partial charge >= 0.3 is 0 Å². The van der Waals surface area contributed by atoms with Crippen LogP contribution in [0.2, 0.25) is 5.15 Å². The van der Waals surface area contributed by atoms with Gasteiger partial charge in [-0.05, 0) is 25.5 Å². The Kier molecular flexibility index (Phi) is 2.47. The third kappa shape index (κ3) is 1.67. The number of halogens is 2. The van der Waals surface area contributed by atoms with Gasteiger partial charge in [0.15, 0.2) is 11.0 Å². The summed E-state index contributed by atoms with van der Waals surface area (Å²) in [6, 6.07) is 1.80. The maximum absolute atomic E-state index is 13.4. The second-order valence-corrected chi connectivity index (χ2v) is 3.51. The van der Waals surface area contributed by atoms with Crippen LogP contribution in [0.3, 0.4) is 0 Å². The summed E-state index contributed by atoms with van der Waals surface area (Å²) in [7, 11) is 0. The Morgan fingerprint density at radius 3 is 3.15 bits per heavy atom. The van der Waals surface area contributed by atoms with Crippen LogP contribution in [-0.4, -0.2) is 11.5 Å². The van der Waals surface area contributed by atoms with Crippen LogP contribution in [0, 0.1) is 5.82 Å². The van der Waals surface area contributed by atoms with Crippen molar-refractivity contribution in [2.45, 2.75) is 18.9 Å². The standard InChI is InChI=1S/C9H10ClFN2/c10-9-8(11)6(3-5-13-9)7-2-1-4-12-7/h3,5,7,12H,1-2,4H2/t7-/m0/s1. The van der Waals surface area contributed by atoms with Crippen LogP contribution >= 0.6 is 11.6 Å². The molecule has 1 N–H and O–H groups in total. The van der Waals surface area contributed by atoms with Gasteiger partial charge in [0.05, 0.1) is 0 Å². The van der Waals surface area contributed by atoms with E-state index in [-0.39, 0.29) is 17.0 Å². The molecule has 1 saturated heterocycles. The van der Waals surface area contributed by atoms with E-state index in [0.717, 1.165) is 19.4 Å². The van der Waals surface area contributed by atoms with Gasteiger partial charge in [0.1, 0.15) is 0 Å². The van der Waals surface area contributed by atoms with Gasteiger partial charge in [-0.15, -0.1) is 0 Å². The Hall–Kier alpha value is -0.670. The molecule has 2 nitrogen and oxygen atoms in total. The molecule has 2 heterocycles. The number of nitrogens with one attached hydrogen (secondary N) is 1. The minimum atomic E-state index is -0.386. The van der Waals surface area contributed by atoms with E-state index in [2.05, 4.69) is 10.3 Å². The van der Waals surface area contributed by atoms with E-state index in [1.54, 1.807) is 12.3 Å². The highest BCUT2D eigenvalue weighted by atomic mass is 35.5. The predicted molar refractivity (Wildman–Crippen MR) is 49.2 cm³/mol. The van der Waals surface area contributed by atoms with Crippen LogP contribution in [0.5, 0.6) is 0 Å². The predicted octanol–water partition coefficient (Wildman–Crippen LogP) is 2.30. The van der Waals surface area contributed by atoms with Crippen LogP contribution in [0.15, 0.2) is 12.3 Å². The summed E-state index contributed by atoms with van der Waals surface area (Å²) in [4.78, 5) is 3.67.